The van der Waals surface area contributed by atoms with Crippen molar-refractivity contribution in [2.24, 2.45) is 0 Å². The van der Waals surface area contributed by atoms with Crippen LogP contribution in [-0.2, 0) is 19.6 Å². The molecule has 0 bridgehead atoms. The number of amides is 1. The highest BCUT2D eigenvalue weighted by molar-refractivity contribution is 7.89. The third-order valence-corrected chi connectivity index (χ3v) is 10.1. The number of thiazole rings is 1. The Bertz CT molecular complexity index is 1360. The van der Waals surface area contributed by atoms with Gasteiger partial charge >= 0.3 is 0 Å². The van der Waals surface area contributed by atoms with E-state index in [0.29, 0.717) is 49.3 Å². The van der Waals surface area contributed by atoms with E-state index in [-0.39, 0.29) is 16.9 Å². The van der Waals surface area contributed by atoms with Crippen molar-refractivity contribution in [1.82, 2.24) is 9.29 Å². The molecule has 0 aliphatic carbocycles. The van der Waals surface area contributed by atoms with Crippen LogP contribution in [0.25, 0.3) is 10.2 Å². The summed E-state index contributed by atoms with van der Waals surface area (Å²) in [7, 11) is -2.33. The summed E-state index contributed by atoms with van der Waals surface area (Å²) in [6.45, 7) is 5.59. The second-order valence-corrected chi connectivity index (χ2v) is 12.8. The lowest BCUT2D eigenvalue weighted by Crippen LogP contribution is -2.49. The molecule has 2 atom stereocenters. The number of carbonyl (C=O) groups is 1. The van der Waals surface area contributed by atoms with Gasteiger partial charge < -0.3 is 9.47 Å². The summed E-state index contributed by atoms with van der Waals surface area (Å²) in [5, 5.41) is 0.595. The fourth-order valence-electron chi connectivity index (χ4n) is 5.13. The highest BCUT2D eigenvalue weighted by atomic mass is 32.2. The van der Waals surface area contributed by atoms with E-state index in [0.717, 1.165) is 28.6 Å². The lowest BCUT2D eigenvalue weighted by Gasteiger charge is -2.29. The Morgan fingerprint density at radius 3 is 2.65 bits per heavy atom. The molecule has 0 saturated carbocycles. The number of nitrogens with zero attached hydrogens (tertiary/aromatic N) is 3. The van der Waals surface area contributed by atoms with Crippen LogP contribution in [0.1, 0.15) is 51.0 Å². The molecule has 1 aromatic heterocycles. The van der Waals surface area contributed by atoms with Crippen LogP contribution in [0.15, 0.2) is 47.4 Å². The van der Waals surface area contributed by atoms with Crippen LogP contribution in [0.5, 0.6) is 5.75 Å². The van der Waals surface area contributed by atoms with Gasteiger partial charge in [-0.05, 0) is 67.5 Å². The lowest BCUT2D eigenvalue weighted by molar-refractivity contribution is -0.122. The Morgan fingerprint density at radius 1 is 1.19 bits per heavy atom. The highest BCUT2D eigenvalue weighted by Crippen LogP contribution is 2.36. The standard InChI is InChI=1S/C27H33N3O5S2/c1-18(2)22-8-4-10-24-25(22)28-27(36-24)29(17-20-7-6-16-35-20)26(31)23-9-5-15-30(23)37(32,33)21-13-11-19(34-3)12-14-21/h4,8,10-14,18,20,23H,5-7,9,15-17H2,1-3H3. The van der Waals surface area contributed by atoms with Crippen molar-refractivity contribution in [3.05, 3.63) is 48.0 Å². The van der Waals surface area contributed by atoms with Crippen LogP contribution in [0, 0.1) is 0 Å². The Balaban J connectivity index is 1.49. The Hall–Kier alpha value is -2.53. The fraction of sp³-hybridized carbons (Fsp3) is 0.481. The van der Waals surface area contributed by atoms with Gasteiger partial charge in [0, 0.05) is 13.2 Å². The van der Waals surface area contributed by atoms with Crippen LogP contribution in [-0.4, -0.2) is 62.6 Å². The maximum absolute atomic E-state index is 14.1. The summed E-state index contributed by atoms with van der Waals surface area (Å²) in [5.41, 5.74) is 2.03. The van der Waals surface area contributed by atoms with Gasteiger partial charge in [0.25, 0.3) is 0 Å². The second-order valence-electron chi connectivity index (χ2n) is 9.88. The minimum atomic E-state index is -3.86. The minimum Gasteiger partial charge on any atom is -0.497 e. The Kier molecular flexibility index (Phi) is 7.53. The molecule has 37 heavy (non-hydrogen) atoms. The molecule has 2 fully saturated rings. The first-order valence-corrected chi connectivity index (χ1v) is 15.0. The maximum atomic E-state index is 14.1. The molecule has 5 rings (SSSR count). The van der Waals surface area contributed by atoms with E-state index in [1.54, 1.807) is 17.0 Å². The largest absolute Gasteiger partial charge is 0.497 e. The van der Waals surface area contributed by atoms with Crippen LogP contribution in [0.4, 0.5) is 5.13 Å². The van der Waals surface area contributed by atoms with Gasteiger partial charge in [0.1, 0.15) is 11.8 Å². The molecular weight excluding hydrogens is 510 g/mol. The minimum absolute atomic E-state index is 0.0893. The number of methoxy groups -OCH3 is 1. The van der Waals surface area contributed by atoms with Crippen molar-refractivity contribution >= 4 is 42.6 Å². The Morgan fingerprint density at radius 2 is 1.97 bits per heavy atom. The van der Waals surface area contributed by atoms with Crippen molar-refractivity contribution in [3.8, 4) is 5.75 Å². The zero-order valence-electron chi connectivity index (χ0n) is 21.4. The number of sulfonamides is 1. The average Bonchev–Trinajstić information content (AvgIpc) is 3.67. The number of aromatic nitrogens is 1. The molecule has 2 aromatic carbocycles. The zero-order valence-corrected chi connectivity index (χ0v) is 23.1. The molecule has 10 heteroatoms. The summed E-state index contributed by atoms with van der Waals surface area (Å²) >= 11 is 1.47. The third-order valence-electron chi connectivity index (χ3n) is 7.12. The molecule has 0 spiro atoms. The lowest BCUT2D eigenvalue weighted by atomic mass is 10.0. The van der Waals surface area contributed by atoms with Gasteiger partial charge in [-0.2, -0.15) is 4.31 Å². The molecule has 3 heterocycles. The van der Waals surface area contributed by atoms with Gasteiger partial charge in [-0.3, -0.25) is 9.69 Å². The molecule has 2 unspecified atom stereocenters. The normalized spacial score (nSPS) is 20.6. The topological polar surface area (TPSA) is 89.0 Å². The molecule has 2 aliphatic rings. The molecule has 0 N–H and O–H groups in total. The van der Waals surface area contributed by atoms with Crippen molar-refractivity contribution in [3.63, 3.8) is 0 Å². The van der Waals surface area contributed by atoms with E-state index in [4.69, 9.17) is 14.5 Å². The van der Waals surface area contributed by atoms with E-state index < -0.39 is 16.1 Å². The number of anilines is 1. The van der Waals surface area contributed by atoms with Crippen molar-refractivity contribution in [2.75, 3.05) is 31.7 Å². The van der Waals surface area contributed by atoms with Crippen molar-refractivity contribution in [1.29, 1.82) is 0 Å². The highest BCUT2D eigenvalue weighted by Gasteiger charge is 2.42. The van der Waals surface area contributed by atoms with E-state index in [1.165, 1.54) is 34.9 Å². The van der Waals surface area contributed by atoms with Crippen LogP contribution >= 0.6 is 11.3 Å². The molecule has 2 aliphatic heterocycles. The van der Waals surface area contributed by atoms with Gasteiger partial charge in [0.05, 0.1) is 34.9 Å². The van der Waals surface area contributed by atoms with Gasteiger partial charge in [-0.1, -0.05) is 37.3 Å². The monoisotopic (exact) mass is 543 g/mol. The molecule has 1 amide bonds. The summed E-state index contributed by atoms with van der Waals surface area (Å²) in [6, 6.07) is 11.6. The number of hydrogen-bond acceptors (Lipinski definition) is 7. The van der Waals surface area contributed by atoms with E-state index in [2.05, 4.69) is 19.9 Å². The summed E-state index contributed by atoms with van der Waals surface area (Å²) in [6.07, 6.45) is 2.82. The number of ether oxygens (including phenoxy) is 2. The molecule has 8 nitrogen and oxygen atoms in total. The van der Waals surface area contributed by atoms with Gasteiger partial charge in [0.15, 0.2) is 5.13 Å². The molecule has 2 saturated heterocycles. The first-order valence-electron chi connectivity index (χ1n) is 12.8. The van der Waals surface area contributed by atoms with E-state index in [9.17, 15) is 13.2 Å². The predicted molar refractivity (Wildman–Crippen MR) is 145 cm³/mol. The number of hydrogen-bond donors (Lipinski definition) is 0. The Labute approximate surface area is 222 Å². The van der Waals surface area contributed by atoms with Crippen molar-refractivity contribution < 1.29 is 22.7 Å². The maximum Gasteiger partial charge on any atom is 0.247 e. The number of rotatable bonds is 8. The fourth-order valence-corrected chi connectivity index (χ4v) is 7.80. The first-order chi connectivity index (χ1) is 17.8. The number of benzene rings is 2. The summed E-state index contributed by atoms with van der Waals surface area (Å²) in [5.74, 6) is 0.628. The third kappa shape index (κ3) is 5.12. The molecular formula is C27H33N3O5S2. The summed E-state index contributed by atoms with van der Waals surface area (Å²) in [4.78, 5) is 20.9. The predicted octanol–water partition coefficient (Wildman–Crippen LogP) is 4.79. The first kappa shape index (κ1) is 26.1. The van der Waals surface area contributed by atoms with Gasteiger partial charge in [-0.15, -0.1) is 0 Å². The van der Waals surface area contributed by atoms with E-state index >= 15 is 0 Å². The van der Waals surface area contributed by atoms with Crippen molar-refractivity contribution in [2.45, 2.75) is 62.5 Å². The molecule has 0 radical (unpaired) electrons. The number of carbonyl (C=O) groups excluding carboxylic acids is 1. The summed E-state index contributed by atoms with van der Waals surface area (Å²) < 4.78 is 40.6. The molecule has 3 aromatic rings. The van der Waals surface area contributed by atoms with Crippen LogP contribution in [0.3, 0.4) is 0 Å². The van der Waals surface area contributed by atoms with E-state index in [1.807, 2.05) is 12.1 Å². The zero-order chi connectivity index (χ0) is 26.2. The number of para-hydroxylation sites is 1. The van der Waals surface area contributed by atoms with Crippen LogP contribution in [0.2, 0.25) is 0 Å². The SMILES string of the molecule is COc1ccc(S(=O)(=O)N2CCCC2C(=O)N(CC2CCCO2)c2nc3c(C(C)C)cccc3s2)cc1. The van der Waals surface area contributed by atoms with Crippen LogP contribution < -0.4 is 9.64 Å². The average molecular weight is 544 g/mol. The second kappa shape index (κ2) is 10.7. The number of fused-ring (bicyclic) bond motifs is 1. The van der Waals surface area contributed by atoms with Gasteiger partial charge in [0.2, 0.25) is 15.9 Å². The smallest absolute Gasteiger partial charge is 0.247 e. The van der Waals surface area contributed by atoms with Gasteiger partial charge in [-0.25, -0.2) is 13.4 Å². The molecule has 198 valence electrons. The quantitative estimate of drug-likeness (QED) is 0.406.